The smallest absolute Gasteiger partial charge is 0.311 e. The summed E-state index contributed by atoms with van der Waals surface area (Å²) in [5, 5.41) is 12.5. The average molecular weight is 376 g/mol. The maximum absolute atomic E-state index is 12.3. The van der Waals surface area contributed by atoms with E-state index in [0.717, 1.165) is 23.0 Å². The Hall–Kier alpha value is -3.59. The molecule has 0 fully saturated rings. The van der Waals surface area contributed by atoms with Crippen molar-refractivity contribution in [2.24, 2.45) is 0 Å². The van der Waals surface area contributed by atoms with Gasteiger partial charge in [0.05, 0.1) is 23.9 Å². The molecule has 0 saturated heterocycles. The fourth-order valence-electron chi connectivity index (χ4n) is 2.86. The van der Waals surface area contributed by atoms with Gasteiger partial charge in [-0.05, 0) is 37.1 Å². The van der Waals surface area contributed by atoms with Crippen LogP contribution >= 0.6 is 0 Å². The number of ether oxygens (including phenoxy) is 1. The second-order valence-electron chi connectivity index (χ2n) is 6.40. The Labute approximate surface area is 162 Å². The lowest BCUT2D eigenvalue weighted by molar-refractivity contribution is -0.152. The molecule has 1 amide bonds. The topological polar surface area (TPSA) is 92.3 Å². The second-order valence-corrected chi connectivity index (χ2v) is 6.40. The fourth-order valence-corrected chi connectivity index (χ4v) is 2.86. The largest absolute Gasteiger partial charge is 0.464 e. The highest BCUT2D eigenvalue weighted by Gasteiger charge is 2.20. The minimum absolute atomic E-state index is 0.00484. The van der Waals surface area contributed by atoms with Crippen molar-refractivity contribution in [1.82, 2.24) is 0 Å². The van der Waals surface area contributed by atoms with Crippen molar-refractivity contribution in [2.45, 2.75) is 32.8 Å². The number of para-hydroxylation sites is 1. The number of amides is 1. The van der Waals surface area contributed by atoms with E-state index in [4.69, 9.17) is 14.4 Å². The Kier molecular flexibility index (Phi) is 5.75. The first-order valence-corrected chi connectivity index (χ1v) is 9.00. The van der Waals surface area contributed by atoms with Gasteiger partial charge in [-0.3, -0.25) is 9.59 Å². The van der Waals surface area contributed by atoms with Crippen LogP contribution in [0, 0.1) is 11.3 Å². The molecular weight excluding hydrogens is 356 g/mol. The first-order valence-electron chi connectivity index (χ1n) is 9.00. The SMILES string of the molecule is CCc1ccc2c(CC(=O)O[C@H](C)C(=O)Nc3ccccc3C#N)coc2c1. The predicted molar refractivity (Wildman–Crippen MR) is 105 cm³/mol. The molecule has 1 heterocycles. The molecular formula is C22H20N2O4. The number of benzene rings is 2. The molecule has 0 aliphatic rings. The van der Waals surface area contributed by atoms with Crippen LogP contribution in [0.1, 0.15) is 30.5 Å². The maximum atomic E-state index is 12.3. The molecule has 0 bridgehead atoms. The number of carbonyl (C=O) groups is 2. The third kappa shape index (κ3) is 4.21. The maximum Gasteiger partial charge on any atom is 0.311 e. The van der Waals surface area contributed by atoms with E-state index in [2.05, 4.69) is 12.2 Å². The van der Waals surface area contributed by atoms with E-state index < -0.39 is 18.0 Å². The second kappa shape index (κ2) is 8.40. The van der Waals surface area contributed by atoms with E-state index >= 15 is 0 Å². The molecule has 0 aliphatic heterocycles. The molecule has 3 aromatic rings. The number of rotatable bonds is 6. The predicted octanol–water partition coefficient (Wildman–Crippen LogP) is 3.98. The summed E-state index contributed by atoms with van der Waals surface area (Å²) in [6, 6.07) is 14.5. The van der Waals surface area contributed by atoms with E-state index in [1.807, 2.05) is 24.3 Å². The number of furan rings is 1. The van der Waals surface area contributed by atoms with Crippen LogP contribution in [0.15, 0.2) is 53.1 Å². The van der Waals surface area contributed by atoms with Crippen LogP contribution in [0.5, 0.6) is 0 Å². The minimum atomic E-state index is -0.996. The lowest BCUT2D eigenvalue weighted by atomic mass is 10.1. The van der Waals surface area contributed by atoms with Gasteiger partial charge in [0.1, 0.15) is 11.7 Å². The van der Waals surface area contributed by atoms with E-state index in [-0.39, 0.29) is 6.42 Å². The number of nitrogens with zero attached hydrogens (tertiary/aromatic N) is 1. The number of nitriles is 1. The Morgan fingerprint density at radius 2 is 2.04 bits per heavy atom. The molecule has 6 heteroatoms. The molecule has 6 nitrogen and oxygen atoms in total. The molecule has 0 radical (unpaired) electrons. The van der Waals surface area contributed by atoms with Gasteiger partial charge in [-0.15, -0.1) is 0 Å². The van der Waals surface area contributed by atoms with Crippen molar-refractivity contribution >= 4 is 28.5 Å². The van der Waals surface area contributed by atoms with Crippen LogP contribution in [0.2, 0.25) is 0 Å². The summed E-state index contributed by atoms with van der Waals surface area (Å²) in [5.41, 5.74) is 3.31. The number of esters is 1. The van der Waals surface area contributed by atoms with Gasteiger partial charge in [0.2, 0.25) is 0 Å². The standard InChI is InChI=1S/C22H20N2O4/c1-3-15-8-9-18-17(13-27-20(18)10-15)11-21(25)28-14(2)22(26)24-19-7-5-4-6-16(19)12-23/h4-10,13-14H,3,11H2,1-2H3,(H,24,26)/t14-/m1/s1. The van der Waals surface area contributed by atoms with E-state index in [9.17, 15) is 9.59 Å². The zero-order chi connectivity index (χ0) is 20.1. The molecule has 1 N–H and O–H groups in total. The van der Waals surface area contributed by atoms with Crippen molar-refractivity contribution in [3.8, 4) is 6.07 Å². The van der Waals surface area contributed by atoms with E-state index in [1.165, 1.54) is 6.92 Å². The van der Waals surface area contributed by atoms with Gasteiger partial charge in [-0.2, -0.15) is 5.26 Å². The summed E-state index contributed by atoms with van der Waals surface area (Å²) in [6.45, 7) is 3.55. The highest BCUT2D eigenvalue weighted by molar-refractivity contribution is 5.96. The summed E-state index contributed by atoms with van der Waals surface area (Å²) in [7, 11) is 0. The normalized spacial score (nSPS) is 11.6. The average Bonchev–Trinajstić information content (AvgIpc) is 3.09. The first-order chi connectivity index (χ1) is 13.5. The Bertz CT molecular complexity index is 1060. The summed E-state index contributed by atoms with van der Waals surface area (Å²) in [4.78, 5) is 24.6. The molecule has 0 aliphatic carbocycles. The molecule has 28 heavy (non-hydrogen) atoms. The summed E-state index contributed by atoms with van der Waals surface area (Å²) >= 11 is 0. The van der Waals surface area contributed by atoms with Gasteiger partial charge < -0.3 is 14.5 Å². The molecule has 1 aromatic heterocycles. The van der Waals surface area contributed by atoms with E-state index in [1.54, 1.807) is 30.5 Å². The lowest BCUT2D eigenvalue weighted by Gasteiger charge is -2.14. The number of carbonyl (C=O) groups excluding carboxylic acids is 2. The van der Waals surface area contributed by atoms with Gasteiger partial charge in [0.15, 0.2) is 6.10 Å². The fraction of sp³-hybridized carbons (Fsp3) is 0.227. The van der Waals surface area contributed by atoms with Crippen molar-refractivity contribution in [3.05, 3.63) is 65.4 Å². The molecule has 142 valence electrons. The number of fused-ring (bicyclic) bond motifs is 1. The molecule has 0 saturated carbocycles. The van der Waals surface area contributed by atoms with E-state index in [0.29, 0.717) is 16.8 Å². The highest BCUT2D eigenvalue weighted by atomic mass is 16.5. The quantitative estimate of drug-likeness (QED) is 0.657. The minimum Gasteiger partial charge on any atom is -0.464 e. The molecule has 2 aromatic carbocycles. The van der Waals surface area contributed by atoms with Crippen LogP contribution in [0.3, 0.4) is 0 Å². The third-order valence-corrected chi connectivity index (χ3v) is 4.45. The zero-order valence-corrected chi connectivity index (χ0v) is 15.7. The highest BCUT2D eigenvalue weighted by Crippen LogP contribution is 2.23. The van der Waals surface area contributed by atoms with Gasteiger partial charge in [-0.1, -0.05) is 31.2 Å². The number of anilines is 1. The summed E-state index contributed by atoms with van der Waals surface area (Å²) in [6.07, 6.45) is 1.45. The van der Waals surface area contributed by atoms with Crippen molar-refractivity contribution < 1.29 is 18.7 Å². The van der Waals surface area contributed by atoms with Gasteiger partial charge >= 0.3 is 5.97 Å². The van der Waals surface area contributed by atoms with Crippen molar-refractivity contribution in [2.75, 3.05) is 5.32 Å². The van der Waals surface area contributed by atoms with Crippen LogP contribution in [0.4, 0.5) is 5.69 Å². The van der Waals surface area contributed by atoms with Crippen LogP contribution < -0.4 is 5.32 Å². The Balaban J connectivity index is 1.63. The monoisotopic (exact) mass is 376 g/mol. The first kappa shape index (κ1) is 19.2. The molecule has 0 spiro atoms. The van der Waals surface area contributed by atoms with Crippen LogP contribution in [-0.4, -0.2) is 18.0 Å². The summed E-state index contributed by atoms with van der Waals surface area (Å²) < 4.78 is 10.8. The molecule has 1 atom stereocenters. The Morgan fingerprint density at radius 1 is 1.25 bits per heavy atom. The number of hydrogen-bond acceptors (Lipinski definition) is 5. The van der Waals surface area contributed by atoms with Crippen molar-refractivity contribution in [3.63, 3.8) is 0 Å². The lowest BCUT2D eigenvalue weighted by Crippen LogP contribution is -2.30. The zero-order valence-electron chi connectivity index (χ0n) is 15.7. The van der Waals surface area contributed by atoms with Gasteiger partial charge in [0, 0.05) is 10.9 Å². The number of nitrogens with one attached hydrogen (secondary N) is 1. The molecule has 3 rings (SSSR count). The number of hydrogen-bond donors (Lipinski definition) is 1. The Morgan fingerprint density at radius 3 is 2.79 bits per heavy atom. The van der Waals surface area contributed by atoms with Crippen LogP contribution in [-0.2, 0) is 27.2 Å². The van der Waals surface area contributed by atoms with Gasteiger partial charge in [-0.25, -0.2) is 0 Å². The van der Waals surface area contributed by atoms with Gasteiger partial charge in [0.25, 0.3) is 5.91 Å². The molecule has 0 unspecified atom stereocenters. The van der Waals surface area contributed by atoms with Crippen molar-refractivity contribution in [1.29, 1.82) is 5.26 Å². The third-order valence-electron chi connectivity index (χ3n) is 4.45. The number of aryl methyl sites for hydroxylation is 1. The van der Waals surface area contributed by atoms with Crippen LogP contribution in [0.25, 0.3) is 11.0 Å². The summed E-state index contributed by atoms with van der Waals surface area (Å²) in [5.74, 6) is -1.03.